The van der Waals surface area contributed by atoms with E-state index in [-0.39, 0.29) is 11.0 Å². The van der Waals surface area contributed by atoms with Gasteiger partial charge in [-0.1, -0.05) is 58.9 Å². The highest BCUT2D eigenvalue weighted by atomic mass is 15.0. The zero-order valence-electron chi connectivity index (χ0n) is 12.5. The molecule has 1 aromatic rings. The average Bonchev–Trinajstić information content (AvgIpc) is 2.78. The van der Waals surface area contributed by atoms with Gasteiger partial charge < -0.3 is 5.32 Å². The van der Waals surface area contributed by atoms with Crippen molar-refractivity contribution in [3.8, 4) is 0 Å². The number of hydrogen-bond acceptors (Lipinski definition) is 1. The minimum Gasteiger partial charge on any atom is -0.307 e. The number of nitrogens with one attached hydrogen (secondary N) is 1. The molecule has 1 unspecified atom stereocenters. The molecule has 0 radical (unpaired) electrons. The van der Waals surface area contributed by atoms with Crippen LogP contribution in [0.25, 0.3) is 0 Å². The summed E-state index contributed by atoms with van der Waals surface area (Å²) in [6.45, 7) is 12.7. The fourth-order valence-corrected chi connectivity index (χ4v) is 3.22. The Morgan fingerprint density at radius 2 is 1.72 bits per heavy atom. The quantitative estimate of drug-likeness (QED) is 0.812. The lowest BCUT2D eigenvalue weighted by Gasteiger charge is -2.43. The van der Waals surface area contributed by atoms with E-state index in [1.165, 1.54) is 24.0 Å². The molecule has 0 amide bonds. The van der Waals surface area contributed by atoms with Gasteiger partial charge in [0.25, 0.3) is 0 Å². The van der Waals surface area contributed by atoms with Gasteiger partial charge in [0.2, 0.25) is 0 Å². The summed E-state index contributed by atoms with van der Waals surface area (Å²) in [4.78, 5) is 0. The molecule has 1 saturated heterocycles. The van der Waals surface area contributed by atoms with Crippen molar-refractivity contribution in [1.29, 1.82) is 0 Å². The van der Waals surface area contributed by atoms with E-state index in [1.807, 2.05) is 0 Å². The van der Waals surface area contributed by atoms with Crippen LogP contribution in [0.3, 0.4) is 0 Å². The maximum atomic E-state index is 3.78. The first-order chi connectivity index (χ1) is 8.37. The Bertz CT molecular complexity index is 389. The van der Waals surface area contributed by atoms with Gasteiger partial charge in [-0.25, -0.2) is 0 Å². The molecule has 18 heavy (non-hydrogen) atoms. The molecule has 1 heteroatoms. The summed E-state index contributed by atoms with van der Waals surface area (Å²) in [5, 5.41) is 3.78. The van der Waals surface area contributed by atoms with Crippen LogP contribution in [0.1, 0.15) is 64.5 Å². The Morgan fingerprint density at radius 1 is 1.11 bits per heavy atom. The molecule has 0 aliphatic carbocycles. The summed E-state index contributed by atoms with van der Waals surface area (Å²) in [7, 11) is 0. The van der Waals surface area contributed by atoms with E-state index in [2.05, 4.69) is 64.2 Å². The maximum Gasteiger partial charge on any atom is 0.0484 e. The molecular weight excluding hydrogens is 218 g/mol. The van der Waals surface area contributed by atoms with Gasteiger partial charge in [-0.15, -0.1) is 0 Å². The van der Waals surface area contributed by atoms with Crippen LogP contribution in [0, 0.1) is 5.41 Å². The molecule has 1 fully saturated rings. The van der Waals surface area contributed by atoms with Gasteiger partial charge >= 0.3 is 0 Å². The molecule has 0 saturated carbocycles. The standard InChI is InChI=1S/C17H27N/c1-13(2)14-7-9-15(10-8-14)17(16(3,4)5)11-6-12-18-17/h7-10,13,18H,6,11-12H2,1-5H3. The molecule has 1 heterocycles. The van der Waals surface area contributed by atoms with Crippen molar-refractivity contribution < 1.29 is 0 Å². The first-order valence-electron chi connectivity index (χ1n) is 7.22. The largest absolute Gasteiger partial charge is 0.307 e. The van der Waals surface area contributed by atoms with Gasteiger partial charge in [0.05, 0.1) is 0 Å². The van der Waals surface area contributed by atoms with E-state index in [1.54, 1.807) is 0 Å². The lowest BCUT2D eigenvalue weighted by atomic mass is 9.68. The second kappa shape index (κ2) is 4.70. The van der Waals surface area contributed by atoms with E-state index in [9.17, 15) is 0 Å². The molecule has 100 valence electrons. The van der Waals surface area contributed by atoms with E-state index < -0.39 is 0 Å². The summed E-state index contributed by atoms with van der Waals surface area (Å²) in [6, 6.07) is 9.26. The van der Waals surface area contributed by atoms with Crippen LogP contribution >= 0.6 is 0 Å². The van der Waals surface area contributed by atoms with Crippen LogP contribution in [-0.2, 0) is 5.54 Å². The van der Waals surface area contributed by atoms with Crippen molar-refractivity contribution in [1.82, 2.24) is 5.32 Å². The monoisotopic (exact) mass is 245 g/mol. The SMILES string of the molecule is CC(C)c1ccc(C2(C(C)(C)C)CCCN2)cc1. The molecule has 1 nitrogen and oxygen atoms in total. The lowest BCUT2D eigenvalue weighted by molar-refractivity contribution is 0.160. The molecule has 1 aromatic carbocycles. The molecule has 0 bridgehead atoms. The third-order valence-electron chi connectivity index (χ3n) is 4.51. The van der Waals surface area contributed by atoms with Crippen molar-refractivity contribution >= 4 is 0 Å². The second-order valence-electron chi connectivity index (χ2n) is 6.96. The maximum absolute atomic E-state index is 3.78. The van der Waals surface area contributed by atoms with Crippen LogP contribution in [0.5, 0.6) is 0 Å². The molecule has 2 rings (SSSR count). The Morgan fingerprint density at radius 3 is 2.11 bits per heavy atom. The number of hydrogen-bond donors (Lipinski definition) is 1. The minimum atomic E-state index is 0.155. The van der Waals surface area contributed by atoms with Crippen LogP contribution in [-0.4, -0.2) is 6.54 Å². The zero-order valence-corrected chi connectivity index (χ0v) is 12.5. The second-order valence-corrected chi connectivity index (χ2v) is 6.96. The minimum absolute atomic E-state index is 0.155. The third-order valence-corrected chi connectivity index (χ3v) is 4.51. The van der Waals surface area contributed by atoms with Crippen LogP contribution < -0.4 is 5.32 Å². The van der Waals surface area contributed by atoms with Gasteiger partial charge in [-0.05, 0) is 41.8 Å². The highest BCUT2D eigenvalue weighted by Crippen LogP contribution is 2.45. The van der Waals surface area contributed by atoms with Crippen LogP contribution in [0.2, 0.25) is 0 Å². The van der Waals surface area contributed by atoms with Crippen molar-refractivity contribution in [2.24, 2.45) is 5.41 Å². The van der Waals surface area contributed by atoms with Gasteiger partial charge in [0.1, 0.15) is 0 Å². The first kappa shape index (κ1) is 13.6. The molecule has 0 spiro atoms. The highest BCUT2D eigenvalue weighted by Gasteiger charge is 2.45. The average molecular weight is 245 g/mol. The summed E-state index contributed by atoms with van der Waals surface area (Å²) in [5.41, 5.74) is 3.29. The Balaban J connectivity index is 2.38. The summed E-state index contributed by atoms with van der Waals surface area (Å²) in [5.74, 6) is 0.612. The van der Waals surface area contributed by atoms with Crippen molar-refractivity contribution in [3.63, 3.8) is 0 Å². The Labute approximate surface area is 112 Å². The molecule has 1 aliphatic heterocycles. The molecule has 1 N–H and O–H groups in total. The predicted molar refractivity (Wildman–Crippen MR) is 78.9 cm³/mol. The van der Waals surface area contributed by atoms with Crippen molar-refractivity contribution in [3.05, 3.63) is 35.4 Å². The zero-order chi connectivity index (χ0) is 13.4. The third kappa shape index (κ3) is 2.21. The normalized spacial score (nSPS) is 24.8. The fourth-order valence-electron chi connectivity index (χ4n) is 3.22. The van der Waals surface area contributed by atoms with E-state index in [0.29, 0.717) is 5.92 Å². The topological polar surface area (TPSA) is 12.0 Å². The van der Waals surface area contributed by atoms with Gasteiger partial charge in [0, 0.05) is 5.54 Å². The smallest absolute Gasteiger partial charge is 0.0484 e. The van der Waals surface area contributed by atoms with E-state index in [0.717, 1.165) is 6.54 Å². The van der Waals surface area contributed by atoms with E-state index >= 15 is 0 Å². The van der Waals surface area contributed by atoms with Gasteiger partial charge in [-0.2, -0.15) is 0 Å². The van der Waals surface area contributed by atoms with Crippen molar-refractivity contribution in [2.75, 3.05) is 6.54 Å². The first-order valence-corrected chi connectivity index (χ1v) is 7.22. The van der Waals surface area contributed by atoms with Gasteiger partial charge in [0.15, 0.2) is 0 Å². The van der Waals surface area contributed by atoms with Crippen molar-refractivity contribution in [2.45, 2.75) is 58.9 Å². The van der Waals surface area contributed by atoms with E-state index in [4.69, 9.17) is 0 Å². The lowest BCUT2D eigenvalue weighted by Crippen LogP contribution is -2.48. The number of rotatable bonds is 2. The molecular formula is C17H27N. The van der Waals surface area contributed by atoms with Gasteiger partial charge in [-0.3, -0.25) is 0 Å². The number of benzene rings is 1. The fraction of sp³-hybridized carbons (Fsp3) is 0.647. The van der Waals surface area contributed by atoms with Crippen LogP contribution in [0.4, 0.5) is 0 Å². The Kier molecular flexibility index (Phi) is 3.55. The molecule has 1 atom stereocenters. The summed E-state index contributed by atoms with van der Waals surface area (Å²) < 4.78 is 0. The summed E-state index contributed by atoms with van der Waals surface area (Å²) in [6.07, 6.45) is 2.53. The predicted octanol–water partition coefficient (Wildman–Crippen LogP) is 4.43. The summed E-state index contributed by atoms with van der Waals surface area (Å²) >= 11 is 0. The molecule has 1 aliphatic rings. The highest BCUT2D eigenvalue weighted by molar-refractivity contribution is 5.32. The van der Waals surface area contributed by atoms with Crippen LogP contribution in [0.15, 0.2) is 24.3 Å². The molecule has 0 aromatic heterocycles. The Hall–Kier alpha value is -0.820.